The summed E-state index contributed by atoms with van der Waals surface area (Å²) < 4.78 is 5.86. The second-order valence-corrected chi connectivity index (χ2v) is 7.47. The molecule has 1 heterocycles. The fraction of sp³-hybridized carbons (Fsp3) is 0.320. The highest BCUT2D eigenvalue weighted by Gasteiger charge is 2.22. The highest BCUT2D eigenvalue weighted by Crippen LogP contribution is 2.31. The summed E-state index contributed by atoms with van der Waals surface area (Å²) >= 11 is 0. The minimum absolute atomic E-state index is 0.0878. The van der Waals surface area contributed by atoms with Crippen molar-refractivity contribution in [3.63, 3.8) is 0 Å². The first-order valence-corrected chi connectivity index (χ1v) is 10.4. The van der Waals surface area contributed by atoms with E-state index in [0.717, 1.165) is 21.8 Å². The molecular formula is C25H30N2O4. The van der Waals surface area contributed by atoms with E-state index < -0.39 is 0 Å². The van der Waals surface area contributed by atoms with Gasteiger partial charge in [0.15, 0.2) is 0 Å². The maximum atomic E-state index is 12.5. The molecule has 6 nitrogen and oxygen atoms in total. The van der Waals surface area contributed by atoms with Gasteiger partial charge in [-0.05, 0) is 56.7 Å². The van der Waals surface area contributed by atoms with Crippen LogP contribution in [0.4, 0.5) is 0 Å². The number of aryl methyl sites for hydroxylation is 1. The van der Waals surface area contributed by atoms with Gasteiger partial charge >= 0.3 is 0 Å². The largest absolute Gasteiger partial charge is 0.483 e. The van der Waals surface area contributed by atoms with Gasteiger partial charge in [0, 0.05) is 29.8 Å². The molecule has 2 aromatic rings. The minimum atomic E-state index is -0.383. The fourth-order valence-corrected chi connectivity index (χ4v) is 3.08. The van der Waals surface area contributed by atoms with Gasteiger partial charge < -0.3 is 10.1 Å². The molecule has 31 heavy (non-hydrogen) atoms. The van der Waals surface area contributed by atoms with Crippen molar-refractivity contribution in [1.29, 1.82) is 0 Å². The number of benzene rings is 2. The Kier molecular flexibility index (Phi) is 8.14. The lowest BCUT2D eigenvalue weighted by atomic mass is 10.0. The van der Waals surface area contributed by atoms with E-state index in [0.29, 0.717) is 17.5 Å². The monoisotopic (exact) mass is 422 g/mol. The Balaban J connectivity index is 0.00000166. The second-order valence-electron chi connectivity index (χ2n) is 7.47. The molecule has 0 spiro atoms. The van der Waals surface area contributed by atoms with Crippen LogP contribution in [0.25, 0.3) is 6.08 Å². The highest BCUT2D eigenvalue weighted by molar-refractivity contribution is 6.01. The van der Waals surface area contributed by atoms with E-state index >= 15 is 0 Å². The number of imide groups is 1. The number of carbonyl (C=O) groups excluding carboxylic acids is 3. The summed E-state index contributed by atoms with van der Waals surface area (Å²) in [4.78, 5) is 37.4. The molecular weight excluding hydrogens is 392 g/mol. The van der Waals surface area contributed by atoms with Crippen LogP contribution in [-0.2, 0) is 4.79 Å². The summed E-state index contributed by atoms with van der Waals surface area (Å²) in [7, 11) is 0. The van der Waals surface area contributed by atoms with Gasteiger partial charge in [0.2, 0.25) is 6.41 Å². The number of ether oxygens (including phenoxy) is 1. The lowest BCUT2D eigenvalue weighted by Gasteiger charge is -2.27. The minimum Gasteiger partial charge on any atom is -0.483 e. The van der Waals surface area contributed by atoms with Gasteiger partial charge in [-0.15, -0.1) is 0 Å². The quantitative estimate of drug-likeness (QED) is 0.707. The topological polar surface area (TPSA) is 75.7 Å². The van der Waals surface area contributed by atoms with E-state index in [1.54, 1.807) is 30.3 Å². The summed E-state index contributed by atoms with van der Waals surface area (Å²) in [5, 5.41) is 2.75. The Hall–Kier alpha value is -3.41. The molecule has 3 rings (SSSR count). The zero-order chi connectivity index (χ0) is 23.0. The number of carbonyl (C=O) groups is 3. The summed E-state index contributed by atoms with van der Waals surface area (Å²) in [5.74, 6) is 0.0660. The molecule has 0 saturated carbocycles. The van der Waals surface area contributed by atoms with Crippen LogP contribution in [0.3, 0.4) is 0 Å². The number of hydrogen-bond donors (Lipinski definition) is 1. The van der Waals surface area contributed by atoms with Crippen LogP contribution in [0.1, 0.15) is 59.5 Å². The molecule has 0 atom stereocenters. The molecule has 0 saturated heterocycles. The molecule has 0 aliphatic carbocycles. The molecule has 1 aliphatic heterocycles. The van der Waals surface area contributed by atoms with Crippen molar-refractivity contribution in [3.8, 4) is 5.75 Å². The lowest BCUT2D eigenvalue weighted by Crippen LogP contribution is -2.38. The van der Waals surface area contributed by atoms with Crippen LogP contribution in [0, 0.1) is 6.92 Å². The van der Waals surface area contributed by atoms with E-state index in [1.807, 2.05) is 58.9 Å². The zero-order valence-corrected chi connectivity index (χ0v) is 18.8. The summed E-state index contributed by atoms with van der Waals surface area (Å²) in [5.41, 5.74) is 2.20. The Labute approximate surface area is 183 Å². The van der Waals surface area contributed by atoms with Crippen LogP contribution >= 0.6 is 0 Å². The van der Waals surface area contributed by atoms with Crippen molar-refractivity contribution >= 4 is 24.3 Å². The Morgan fingerprint density at radius 3 is 2.52 bits per heavy atom. The number of nitrogens with zero attached hydrogens (tertiary/aromatic N) is 1. The third-order valence-corrected chi connectivity index (χ3v) is 4.71. The molecule has 0 aromatic heterocycles. The molecule has 1 aliphatic rings. The molecule has 0 bridgehead atoms. The van der Waals surface area contributed by atoms with Gasteiger partial charge in [-0.25, -0.2) is 0 Å². The van der Waals surface area contributed by atoms with Crippen LogP contribution in [0.15, 0.2) is 48.5 Å². The third-order valence-electron chi connectivity index (χ3n) is 4.71. The number of rotatable bonds is 6. The first-order valence-electron chi connectivity index (χ1n) is 10.4. The van der Waals surface area contributed by atoms with Gasteiger partial charge in [-0.3, -0.25) is 19.3 Å². The van der Waals surface area contributed by atoms with Gasteiger partial charge in [0.05, 0.1) is 0 Å². The first-order chi connectivity index (χ1) is 14.8. The van der Waals surface area contributed by atoms with Crippen molar-refractivity contribution in [3.05, 3.63) is 70.8 Å². The predicted molar refractivity (Wildman–Crippen MR) is 122 cm³/mol. The van der Waals surface area contributed by atoms with Crippen LogP contribution in [-0.4, -0.2) is 41.8 Å². The van der Waals surface area contributed by atoms with Gasteiger partial charge in [-0.2, -0.15) is 0 Å². The smallest absolute Gasteiger partial charge is 0.260 e. The fourth-order valence-electron chi connectivity index (χ4n) is 3.08. The van der Waals surface area contributed by atoms with Gasteiger partial charge in [0.1, 0.15) is 11.4 Å². The maximum Gasteiger partial charge on any atom is 0.260 e. The lowest BCUT2D eigenvalue weighted by molar-refractivity contribution is -0.115. The van der Waals surface area contributed by atoms with Crippen LogP contribution in [0.2, 0.25) is 0 Å². The van der Waals surface area contributed by atoms with Crippen molar-refractivity contribution in [2.45, 2.75) is 40.2 Å². The van der Waals surface area contributed by atoms with E-state index in [9.17, 15) is 14.4 Å². The third kappa shape index (κ3) is 6.04. The molecule has 0 unspecified atom stereocenters. The number of amides is 3. The maximum absolute atomic E-state index is 12.5. The normalized spacial score (nSPS) is 13.1. The van der Waals surface area contributed by atoms with Crippen molar-refractivity contribution < 1.29 is 19.1 Å². The van der Waals surface area contributed by atoms with Crippen LogP contribution in [0.5, 0.6) is 5.75 Å². The zero-order valence-electron chi connectivity index (χ0n) is 18.8. The van der Waals surface area contributed by atoms with Crippen molar-refractivity contribution in [2.75, 3.05) is 13.1 Å². The van der Waals surface area contributed by atoms with E-state index in [4.69, 9.17) is 4.74 Å². The van der Waals surface area contributed by atoms with Crippen LogP contribution < -0.4 is 10.1 Å². The molecule has 2 aromatic carbocycles. The standard InChI is InChI=1S/C23H24N2O4.C2H6/c1-16-6-4-5-7-19(16)22(28)25(15-26)13-12-24-21(27)18-8-9-20-17(14-18)10-11-23(2,3)29-20;1-2/h4-11,14-15H,12-13H2,1-3H3,(H,24,27);1-2H3. The van der Waals surface area contributed by atoms with Gasteiger partial charge in [0.25, 0.3) is 11.8 Å². The summed E-state index contributed by atoms with van der Waals surface area (Å²) in [6.45, 7) is 9.98. The predicted octanol–water partition coefficient (Wildman–Crippen LogP) is 4.23. The average Bonchev–Trinajstić information content (AvgIpc) is 2.77. The Morgan fingerprint density at radius 2 is 1.84 bits per heavy atom. The van der Waals surface area contributed by atoms with Gasteiger partial charge in [-0.1, -0.05) is 38.1 Å². The van der Waals surface area contributed by atoms with E-state index in [2.05, 4.69) is 5.32 Å². The average molecular weight is 423 g/mol. The first kappa shape index (κ1) is 23.9. The molecule has 164 valence electrons. The molecule has 6 heteroatoms. The molecule has 3 amide bonds. The number of hydrogen-bond acceptors (Lipinski definition) is 4. The summed E-state index contributed by atoms with van der Waals surface area (Å²) in [6, 6.07) is 12.3. The van der Waals surface area contributed by atoms with Crippen molar-refractivity contribution in [2.24, 2.45) is 0 Å². The Morgan fingerprint density at radius 1 is 1.13 bits per heavy atom. The second kappa shape index (κ2) is 10.6. The molecule has 1 N–H and O–H groups in total. The van der Waals surface area contributed by atoms with Crippen molar-refractivity contribution in [1.82, 2.24) is 10.2 Å². The summed E-state index contributed by atoms with van der Waals surface area (Å²) in [6.07, 6.45) is 4.37. The molecule has 0 fully saturated rings. The number of nitrogens with one attached hydrogen (secondary N) is 1. The highest BCUT2D eigenvalue weighted by atomic mass is 16.5. The SMILES string of the molecule is CC.Cc1ccccc1C(=O)N(C=O)CCNC(=O)c1ccc2c(c1)C=CC(C)(C)O2. The Bertz CT molecular complexity index is 979. The van der Waals surface area contributed by atoms with E-state index in [1.165, 1.54) is 0 Å². The number of fused-ring (bicyclic) bond motifs is 1. The molecule has 0 radical (unpaired) electrons. The van der Waals surface area contributed by atoms with E-state index in [-0.39, 0.29) is 30.5 Å².